The highest BCUT2D eigenvalue weighted by Gasteiger charge is 2.13. The van der Waals surface area contributed by atoms with E-state index in [1.165, 1.54) is 10.8 Å². The van der Waals surface area contributed by atoms with Crippen molar-refractivity contribution in [2.75, 3.05) is 0 Å². The first kappa shape index (κ1) is 68.3. The Labute approximate surface area is 606 Å². The van der Waals surface area contributed by atoms with Crippen LogP contribution in [0.2, 0.25) is 0 Å². The predicted octanol–water partition coefficient (Wildman–Crippen LogP) is 23.0. The molecule has 6 heterocycles. The Morgan fingerprint density at radius 1 is 0.144 bits per heavy atom. The maximum absolute atomic E-state index is 4.79. The van der Waals surface area contributed by atoms with Crippen molar-refractivity contribution in [3.05, 3.63) is 425 Å². The van der Waals surface area contributed by atoms with Crippen LogP contribution in [-0.4, -0.2) is 49.8 Å². The summed E-state index contributed by atoms with van der Waals surface area (Å²) in [4.78, 5) is 45.1. The van der Waals surface area contributed by atoms with Crippen molar-refractivity contribution in [3.8, 4) is 113 Å². The van der Waals surface area contributed by atoms with E-state index in [1.807, 2.05) is 291 Å². The Morgan fingerprint density at radius 3 is 0.683 bits per heavy atom. The SMILES string of the molecule is c1ccc(-c2cc(-c3ccccc3)nc(-c3ccccc3)n2)cc1.c1ccc(-c2cc(-c3ccccc3)nc(-c3ccccc3)n2)cc1.c1ccc(-c2cc(-c3ccccc3)ncn2)cc1.c1ccc(-c2ccnc(-c3ccccc3)n2)cc1.c1ccc2ncccc2c1.c1ccc2ncccc2c1. The number of benzene rings is 12. The number of para-hydroxylation sites is 2. The molecule has 0 aliphatic heterocycles. The fraction of sp³-hybridized carbons (Fsp3) is 0. The molecule has 0 aliphatic rings. The van der Waals surface area contributed by atoms with Crippen molar-refractivity contribution in [1.29, 1.82) is 0 Å². The Kier molecular flexibility index (Phi) is 23.7. The second-order valence-corrected chi connectivity index (χ2v) is 23.5. The van der Waals surface area contributed by atoms with Crippen LogP contribution in [0.4, 0.5) is 0 Å². The second-order valence-electron chi connectivity index (χ2n) is 23.5. The summed E-state index contributed by atoms with van der Waals surface area (Å²) in [5.41, 5.74) is 19.5. The van der Waals surface area contributed by atoms with E-state index in [-0.39, 0.29) is 0 Å². The monoisotopic (exact) mass is 1340 g/mol. The smallest absolute Gasteiger partial charge is 0.160 e. The van der Waals surface area contributed by atoms with E-state index in [2.05, 4.69) is 151 Å². The summed E-state index contributed by atoms with van der Waals surface area (Å²) < 4.78 is 0. The van der Waals surface area contributed by atoms with Gasteiger partial charge in [0.15, 0.2) is 17.5 Å². The molecule has 12 aromatic carbocycles. The average molecular weight is 1340 g/mol. The molecular formula is C94H70N10. The summed E-state index contributed by atoms with van der Waals surface area (Å²) in [6, 6.07) is 134. The molecule has 0 radical (unpaired) electrons. The number of rotatable bonds is 10. The van der Waals surface area contributed by atoms with Crippen LogP contribution in [0.1, 0.15) is 0 Å². The van der Waals surface area contributed by atoms with Crippen molar-refractivity contribution in [1.82, 2.24) is 49.8 Å². The molecule has 10 heteroatoms. The molecule has 6 aromatic heterocycles. The third-order valence-electron chi connectivity index (χ3n) is 16.4. The molecule has 496 valence electrons. The lowest BCUT2D eigenvalue weighted by Crippen LogP contribution is -1.95. The first-order valence-electron chi connectivity index (χ1n) is 34.2. The molecule has 0 spiro atoms. The molecule has 0 saturated heterocycles. The first-order chi connectivity index (χ1) is 51.6. The van der Waals surface area contributed by atoms with Gasteiger partial charge in [0.2, 0.25) is 0 Å². The normalized spacial score (nSPS) is 10.3. The predicted molar refractivity (Wildman–Crippen MR) is 426 cm³/mol. The van der Waals surface area contributed by atoms with Crippen LogP contribution in [0.25, 0.3) is 135 Å². The largest absolute Gasteiger partial charge is 0.256 e. The topological polar surface area (TPSA) is 129 Å². The molecule has 0 saturated carbocycles. The van der Waals surface area contributed by atoms with E-state index in [0.717, 1.165) is 124 Å². The summed E-state index contributed by atoms with van der Waals surface area (Å²) in [5.74, 6) is 2.25. The summed E-state index contributed by atoms with van der Waals surface area (Å²) in [5, 5.41) is 2.40. The van der Waals surface area contributed by atoms with Crippen LogP contribution in [0.3, 0.4) is 0 Å². The molecule has 0 fully saturated rings. The van der Waals surface area contributed by atoms with Gasteiger partial charge in [-0.15, -0.1) is 0 Å². The molecule has 18 rings (SSSR count). The third kappa shape index (κ3) is 19.2. The Balaban J connectivity index is 0.000000114. The van der Waals surface area contributed by atoms with Crippen molar-refractivity contribution in [3.63, 3.8) is 0 Å². The molecule has 104 heavy (non-hydrogen) atoms. The Hall–Kier alpha value is -14.2. The lowest BCUT2D eigenvalue weighted by atomic mass is 10.1. The molecule has 0 bridgehead atoms. The first-order valence-corrected chi connectivity index (χ1v) is 34.2. The van der Waals surface area contributed by atoms with Crippen LogP contribution < -0.4 is 0 Å². The van der Waals surface area contributed by atoms with E-state index >= 15 is 0 Å². The summed E-state index contributed by atoms with van der Waals surface area (Å²) >= 11 is 0. The number of aromatic nitrogens is 10. The van der Waals surface area contributed by atoms with Crippen molar-refractivity contribution >= 4 is 21.8 Å². The van der Waals surface area contributed by atoms with E-state index in [0.29, 0.717) is 0 Å². The fourth-order valence-corrected chi connectivity index (χ4v) is 11.1. The number of hydrogen-bond acceptors (Lipinski definition) is 10. The minimum atomic E-state index is 0.746. The van der Waals surface area contributed by atoms with E-state index < -0.39 is 0 Å². The molecule has 0 unspecified atom stereocenters. The Morgan fingerprint density at radius 2 is 0.375 bits per heavy atom. The van der Waals surface area contributed by atoms with Gasteiger partial charge in [0.25, 0.3) is 0 Å². The minimum absolute atomic E-state index is 0.746. The van der Waals surface area contributed by atoms with Gasteiger partial charge in [0.1, 0.15) is 6.33 Å². The van der Waals surface area contributed by atoms with Gasteiger partial charge in [0.05, 0.1) is 50.9 Å². The van der Waals surface area contributed by atoms with Crippen LogP contribution in [-0.2, 0) is 0 Å². The van der Waals surface area contributed by atoms with E-state index in [4.69, 9.17) is 19.9 Å². The highest BCUT2D eigenvalue weighted by atomic mass is 14.9. The van der Waals surface area contributed by atoms with Crippen molar-refractivity contribution < 1.29 is 0 Å². The van der Waals surface area contributed by atoms with Gasteiger partial charge < -0.3 is 0 Å². The van der Waals surface area contributed by atoms with Gasteiger partial charge in [-0.3, -0.25) is 9.97 Å². The minimum Gasteiger partial charge on any atom is -0.256 e. The number of nitrogens with zero attached hydrogens (tertiary/aromatic N) is 10. The highest BCUT2D eigenvalue weighted by molar-refractivity contribution is 5.79. The maximum Gasteiger partial charge on any atom is 0.160 e. The van der Waals surface area contributed by atoms with Crippen LogP contribution in [0.15, 0.2) is 425 Å². The molecule has 0 atom stereocenters. The molecule has 0 aliphatic carbocycles. The van der Waals surface area contributed by atoms with Gasteiger partial charge >= 0.3 is 0 Å². The van der Waals surface area contributed by atoms with Crippen molar-refractivity contribution in [2.45, 2.75) is 0 Å². The summed E-state index contributed by atoms with van der Waals surface area (Å²) in [6.07, 6.45) is 7.03. The number of pyridine rings is 2. The van der Waals surface area contributed by atoms with Gasteiger partial charge in [-0.2, -0.15) is 0 Å². The molecular weight excluding hydrogens is 1270 g/mol. The summed E-state index contributed by atoms with van der Waals surface area (Å²) in [7, 11) is 0. The molecule has 0 N–H and O–H groups in total. The van der Waals surface area contributed by atoms with Gasteiger partial charge in [-0.05, 0) is 48.5 Å². The standard InChI is InChI=1S/2C22H16N2.2C16H12N2.2C9H7N/c2*1-4-10-17(11-5-1)20-16-21(18-12-6-2-7-13-18)24-22(23-20)19-14-8-3-9-15-19;1-3-7-13(8-4-1)15-11-16(18-12-17-15)14-9-5-2-6-10-14;1-3-7-13(8-4-1)15-11-12-17-16(18-15)14-9-5-2-6-10-14;2*1-2-6-9-8(4-1)5-3-7-10-9/h2*1-16H;2*1-12H;2*1-7H. The van der Waals surface area contributed by atoms with Gasteiger partial charge in [0, 0.05) is 85.0 Å². The van der Waals surface area contributed by atoms with E-state index in [1.54, 1.807) is 12.5 Å². The molecule has 10 nitrogen and oxygen atoms in total. The van der Waals surface area contributed by atoms with Gasteiger partial charge in [-0.1, -0.05) is 352 Å². The maximum atomic E-state index is 4.79. The lowest BCUT2D eigenvalue weighted by Gasteiger charge is -2.09. The number of hydrogen-bond donors (Lipinski definition) is 0. The van der Waals surface area contributed by atoms with Crippen LogP contribution in [0, 0.1) is 0 Å². The van der Waals surface area contributed by atoms with Crippen molar-refractivity contribution in [2.24, 2.45) is 0 Å². The second kappa shape index (κ2) is 36.0. The highest BCUT2D eigenvalue weighted by Crippen LogP contribution is 2.30. The zero-order valence-electron chi connectivity index (χ0n) is 56.9. The molecule has 18 aromatic rings. The lowest BCUT2D eigenvalue weighted by molar-refractivity contribution is 1.18. The Bertz CT molecular complexity index is 4710. The van der Waals surface area contributed by atoms with Gasteiger partial charge in [-0.25, -0.2) is 39.9 Å². The average Bonchev–Trinajstić information content (AvgIpc) is 0.815. The third-order valence-corrected chi connectivity index (χ3v) is 16.4. The van der Waals surface area contributed by atoms with Crippen LogP contribution >= 0.6 is 0 Å². The van der Waals surface area contributed by atoms with Crippen LogP contribution in [0.5, 0.6) is 0 Å². The molecule has 0 amide bonds. The zero-order valence-corrected chi connectivity index (χ0v) is 56.9. The summed E-state index contributed by atoms with van der Waals surface area (Å²) in [6.45, 7) is 0. The van der Waals surface area contributed by atoms with E-state index in [9.17, 15) is 0 Å². The fourth-order valence-electron chi connectivity index (χ4n) is 11.1. The zero-order chi connectivity index (χ0) is 70.4. The number of fused-ring (bicyclic) bond motifs is 2. The quantitative estimate of drug-likeness (QED) is 0.130.